The first kappa shape index (κ1) is 15.3. The quantitative estimate of drug-likeness (QED) is 0.872. The maximum absolute atomic E-state index is 10.9. The molecular weight excluding hydrogens is 274 g/mol. The lowest BCUT2D eigenvalue weighted by atomic mass is 9.82. The van der Waals surface area contributed by atoms with Crippen LogP contribution in [-0.4, -0.2) is 17.6 Å². The summed E-state index contributed by atoms with van der Waals surface area (Å²) >= 11 is 6.20. The molecule has 0 bridgehead atoms. The van der Waals surface area contributed by atoms with Gasteiger partial charge in [0.15, 0.2) is 0 Å². The first-order chi connectivity index (χ1) is 9.56. The van der Waals surface area contributed by atoms with Gasteiger partial charge < -0.3 is 10.4 Å². The summed E-state index contributed by atoms with van der Waals surface area (Å²) in [4.78, 5) is 10.9. The fourth-order valence-corrected chi connectivity index (χ4v) is 3.12. The van der Waals surface area contributed by atoms with Crippen LogP contribution in [0.3, 0.4) is 0 Å². The molecule has 1 saturated carbocycles. The molecule has 1 aromatic carbocycles. The number of carboxylic acid groups (broad SMARTS) is 1. The number of hydrogen-bond donors (Lipinski definition) is 2. The van der Waals surface area contributed by atoms with Gasteiger partial charge in [-0.15, -0.1) is 0 Å². The van der Waals surface area contributed by atoms with E-state index < -0.39 is 5.97 Å². The molecule has 1 aliphatic rings. The van der Waals surface area contributed by atoms with E-state index in [0.29, 0.717) is 5.92 Å². The van der Waals surface area contributed by atoms with Crippen molar-refractivity contribution in [2.45, 2.75) is 39.2 Å². The minimum atomic E-state index is -0.636. The van der Waals surface area contributed by atoms with Crippen molar-refractivity contribution in [2.75, 3.05) is 6.54 Å². The molecule has 2 rings (SSSR count). The second-order valence-electron chi connectivity index (χ2n) is 5.78. The van der Waals surface area contributed by atoms with Crippen LogP contribution in [0, 0.1) is 18.8 Å². The van der Waals surface area contributed by atoms with Crippen molar-refractivity contribution in [3.8, 4) is 0 Å². The van der Waals surface area contributed by atoms with Crippen molar-refractivity contribution in [3.05, 3.63) is 34.3 Å². The van der Waals surface area contributed by atoms with Gasteiger partial charge >= 0.3 is 5.97 Å². The molecule has 0 atom stereocenters. The average Bonchev–Trinajstić information content (AvgIpc) is 2.42. The number of aryl methyl sites for hydroxylation is 1. The molecule has 3 nitrogen and oxygen atoms in total. The first-order valence-corrected chi connectivity index (χ1v) is 7.62. The molecule has 0 amide bonds. The van der Waals surface area contributed by atoms with E-state index >= 15 is 0 Å². The smallest absolute Gasteiger partial charge is 0.306 e. The van der Waals surface area contributed by atoms with E-state index in [1.807, 2.05) is 13.0 Å². The second kappa shape index (κ2) is 7.09. The molecule has 0 spiro atoms. The fraction of sp³-hybridized carbons (Fsp3) is 0.562. The topological polar surface area (TPSA) is 49.3 Å². The highest BCUT2D eigenvalue weighted by atomic mass is 35.5. The van der Waals surface area contributed by atoms with E-state index in [-0.39, 0.29) is 5.92 Å². The third-order valence-corrected chi connectivity index (χ3v) is 4.50. The van der Waals surface area contributed by atoms with Crippen molar-refractivity contribution in [2.24, 2.45) is 11.8 Å². The molecule has 1 aromatic rings. The number of carbonyl (C=O) groups is 1. The predicted octanol–water partition coefficient (Wildman–Crippen LogP) is 3.63. The third kappa shape index (κ3) is 4.22. The Labute approximate surface area is 125 Å². The van der Waals surface area contributed by atoms with Gasteiger partial charge in [0.25, 0.3) is 0 Å². The Morgan fingerprint density at radius 2 is 2.05 bits per heavy atom. The van der Waals surface area contributed by atoms with Gasteiger partial charge in [-0.3, -0.25) is 4.79 Å². The monoisotopic (exact) mass is 295 g/mol. The Morgan fingerprint density at radius 3 is 2.65 bits per heavy atom. The van der Waals surface area contributed by atoms with E-state index in [1.165, 1.54) is 5.56 Å². The molecule has 4 heteroatoms. The van der Waals surface area contributed by atoms with Crippen LogP contribution in [0.1, 0.15) is 36.8 Å². The van der Waals surface area contributed by atoms with E-state index in [4.69, 9.17) is 16.7 Å². The second-order valence-corrected chi connectivity index (χ2v) is 6.19. The molecular formula is C16H22ClNO2. The average molecular weight is 296 g/mol. The maximum Gasteiger partial charge on any atom is 0.306 e. The van der Waals surface area contributed by atoms with Crippen LogP contribution in [-0.2, 0) is 11.3 Å². The van der Waals surface area contributed by atoms with Crippen molar-refractivity contribution >= 4 is 17.6 Å². The number of halogens is 1. The lowest BCUT2D eigenvalue weighted by Gasteiger charge is -2.26. The van der Waals surface area contributed by atoms with Gasteiger partial charge in [-0.1, -0.05) is 23.7 Å². The van der Waals surface area contributed by atoms with Crippen molar-refractivity contribution in [1.29, 1.82) is 0 Å². The number of nitrogens with one attached hydrogen (secondary N) is 1. The van der Waals surface area contributed by atoms with Crippen molar-refractivity contribution in [3.63, 3.8) is 0 Å². The molecule has 0 saturated heterocycles. The number of benzene rings is 1. The zero-order valence-corrected chi connectivity index (χ0v) is 12.6. The highest BCUT2D eigenvalue weighted by Gasteiger charge is 2.25. The van der Waals surface area contributed by atoms with E-state index in [2.05, 4.69) is 17.4 Å². The molecule has 1 aliphatic carbocycles. The summed E-state index contributed by atoms with van der Waals surface area (Å²) in [5, 5.41) is 13.2. The summed E-state index contributed by atoms with van der Waals surface area (Å²) in [7, 11) is 0. The molecule has 1 fully saturated rings. The van der Waals surface area contributed by atoms with Gasteiger partial charge in [-0.05, 0) is 62.3 Å². The Morgan fingerprint density at radius 1 is 1.35 bits per heavy atom. The zero-order valence-electron chi connectivity index (χ0n) is 11.9. The van der Waals surface area contributed by atoms with Crippen molar-refractivity contribution < 1.29 is 9.90 Å². The lowest BCUT2D eigenvalue weighted by molar-refractivity contribution is -0.143. The molecule has 2 N–H and O–H groups in total. The molecule has 0 aromatic heterocycles. The minimum Gasteiger partial charge on any atom is -0.481 e. The third-order valence-electron chi connectivity index (χ3n) is 4.15. The van der Waals surface area contributed by atoms with Crippen LogP contribution in [0.5, 0.6) is 0 Å². The summed E-state index contributed by atoms with van der Waals surface area (Å²) in [5.41, 5.74) is 2.29. The number of hydrogen-bond acceptors (Lipinski definition) is 2. The van der Waals surface area contributed by atoms with E-state index in [9.17, 15) is 4.79 Å². The number of aliphatic carboxylic acids is 1. The number of rotatable bonds is 5. The first-order valence-electron chi connectivity index (χ1n) is 7.25. The van der Waals surface area contributed by atoms with Gasteiger partial charge in [0.2, 0.25) is 0 Å². The zero-order chi connectivity index (χ0) is 14.5. The highest BCUT2D eigenvalue weighted by Crippen LogP contribution is 2.28. The summed E-state index contributed by atoms with van der Waals surface area (Å²) in [6.45, 7) is 3.75. The van der Waals surface area contributed by atoms with Crippen LogP contribution >= 0.6 is 11.6 Å². The fourth-order valence-electron chi connectivity index (χ4n) is 2.82. The van der Waals surface area contributed by atoms with Gasteiger partial charge in [0.05, 0.1) is 5.92 Å². The Balaban J connectivity index is 1.73. The van der Waals surface area contributed by atoms with Gasteiger partial charge in [0.1, 0.15) is 0 Å². The van der Waals surface area contributed by atoms with Gasteiger partial charge in [0, 0.05) is 11.6 Å². The van der Waals surface area contributed by atoms with Gasteiger partial charge in [-0.2, -0.15) is 0 Å². The summed E-state index contributed by atoms with van der Waals surface area (Å²) < 4.78 is 0. The SMILES string of the molecule is Cc1ccc(CNCC2CCC(C(=O)O)CC2)c(Cl)c1. The van der Waals surface area contributed by atoms with E-state index in [1.54, 1.807) is 0 Å². The Kier molecular flexibility index (Phi) is 5.44. The van der Waals surface area contributed by atoms with Gasteiger partial charge in [-0.25, -0.2) is 0 Å². The van der Waals surface area contributed by atoms with Crippen LogP contribution in [0.15, 0.2) is 18.2 Å². The number of carboxylic acids is 1. The summed E-state index contributed by atoms with van der Waals surface area (Å²) in [6, 6.07) is 6.11. The Hall–Kier alpha value is -1.06. The summed E-state index contributed by atoms with van der Waals surface area (Å²) in [5.74, 6) is -0.171. The molecule has 0 heterocycles. The molecule has 20 heavy (non-hydrogen) atoms. The molecule has 0 aliphatic heterocycles. The van der Waals surface area contributed by atoms with Crippen LogP contribution in [0.2, 0.25) is 5.02 Å². The minimum absolute atomic E-state index is 0.127. The van der Waals surface area contributed by atoms with Crippen molar-refractivity contribution in [1.82, 2.24) is 5.32 Å². The van der Waals surface area contributed by atoms with Crippen LogP contribution in [0.4, 0.5) is 0 Å². The van der Waals surface area contributed by atoms with Crippen LogP contribution in [0.25, 0.3) is 0 Å². The van der Waals surface area contributed by atoms with E-state index in [0.717, 1.165) is 49.4 Å². The lowest BCUT2D eigenvalue weighted by Crippen LogP contribution is -2.28. The predicted molar refractivity (Wildman–Crippen MR) is 81.0 cm³/mol. The normalized spacial score (nSPS) is 22.7. The van der Waals surface area contributed by atoms with Crippen LogP contribution < -0.4 is 5.32 Å². The largest absolute Gasteiger partial charge is 0.481 e. The molecule has 110 valence electrons. The molecule has 0 unspecified atom stereocenters. The highest BCUT2D eigenvalue weighted by molar-refractivity contribution is 6.31. The summed E-state index contributed by atoms with van der Waals surface area (Å²) in [6.07, 6.45) is 3.64. The Bertz CT molecular complexity index is 468. The maximum atomic E-state index is 10.9. The standard InChI is InChI=1S/C16H22ClNO2/c1-11-2-5-14(15(17)8-11)10-18-9-12-3-6-13(7-4-12)16(19)20/h2,5,8,12-13,18H,3-4,6-7,9-10H2,1H3,(H,19,20). The molecule has 0 radical (unpaired) electrons.